The number of rotatable bonds is 3. The van der Waals surface area contributed by atoms with Crippen molar-refractivity contribution in [3.8, 4) is 11.5 Å². The zero-order valence-electron chi connectivity index (χ0n) is 10.4. The van der Waals surface area contributed by atoms with Gasteiger partial charge >= 0.3 is 0 Å². The molecule has 0 radical (unpaired) electrons. The molecule has 2 atom stereocenters. The maximum atomic E-state index is 5.81. The van der Waals surface area contributed by atoms with Crippen molar-refractivity contribution in [1.82, 2.24) is 10.6 Å². The summed E-state index contributed by atoms with van der Waals surface area (Å²) in [6.07, 6.45) is 0.143. The highest BCUT2D eigenvalue weighted by atomic mass is 16.7. The summed E-state index contributed by atoms with van der Waals surface area (Å²) < 4.78 is 16.5. The third-order valence-corrected chi connectivity index (χ3v) is 3.39. The molecule has 2 N–H and O–H groups in total. The van der Waals surface area contributed by atoms with Gasteiger partial charge in [0.05, 0.1) is 18.8 Å². The zero-order chi connectivity index (χ0) is 12.4. The summed E-state index contributed by atoms with van der Waals surface area (Å²) in [6.45, 7) is 2.85. The summed E-state index contributed by atoms with van der Waals surface area (Å²) in [7, 11) is 1.95. The Hall–Kier alpha value is -1.30. The van der Waals surface area contributed by atoms with Gasteiger partial charge in [-0.3, -0.25) is 0 Å². The van der Waals surface area contributed by atoms with Crippen LogP contribution < -0.4 is 20.1 Å². The molecule has 18 heavy (non-hydrogen) atoms. The average molecular weight is 250 g/mol. The van der Waals surface area contributed by atoms with E-state index in [9.17, 15) is 0 Å². The summed E-state index contributed by atoms with van der Waals surface area (Å²) in [5.74, 6) is 1.63. The molecular weight excluding hydrogens is 232 g/mol. The van der Waals surface area contributed by atoms with Crippen LogP contribution in [0.2, 0.25) is 0 Å². The van der Waals surface area contributed by atoms with Gasteiger partial charge in [0.2, 0.25) is 6.79 Å². The van der Waals surface area contributed by atoms with Gasteiger partial charge in [0, 0.05) is 13.1 Å². The molecule has 2 aliphatic rings. The average Bonchev–Trinajstić information content (AvgIpc) is 2.88. The summed E-state index contributed by atoms with van der Waals surface area (Å²) in [6, 6.07) is 6.21. The summed E-state index contributed by atoms with van der Waals surface area (Å²) in [5, 5.41) is 6.67. The van der Waals surface area contributed by atoms with Gasteiger partial charge in [0.25, 0.3) is 0 Å². The molecule has 1 aromatic rings. The first-order valence-electron chi connectivity index (χ1n) is 6.27. The number of likely N-dealkylation sites (N-methyl/N-ethyl adjacent to an activating group) is 1. The fraction of sp³-hybridized carbons (Fsp3) is 0.538. The number of fused-ring (bicyclic) bond motifs is 1. The molecule has 0 bridgehead atoms. The number of nitrogens with one attached hydrogen (secondary N) is 2. The lowest BCUT2D eigenvalue weighted by molar-refractivity contribution is 0.00535. The van der Waals surface area contributed by atoms with E-state index >= 15 is 0 Å². The largest absolute Gasteiger partial charge is 0.454 e. The van der Waals surface area contributed by atoms with E-state index in [0.29, 0.717) is 6.79 Å². The van der Waals surface area contributed by atoms with Crippen molar-refractivity contribution in [2.24, 2.45) is 0 Å². The standard InChI is InChI=1S/C13H18N2O3/c1-14-13(12-7-15-4-5-16-12)9-2-3-10-11(6-9)18-8-17-10/h2-3,6,12-15H,4-5,7-8H2,1H3. The molecule has 2 aliphatic heterocycles. The SMILES string of the molecule is CNC(c1ccc2c(c1)OCO2)C1CNCCO1. The Labute approximate surface area is 106 Å². The van der Waals surface area contributed by atoms with Crippen LogP contribution in [0, 0.1) is 0 Å². The van der Waals surface area contributed by atoms with Crippen molar-refractivity contribution < 1.29 is 14.2 Å². The van der Waals surface area contributed by atoms with E-state index < -0.39 is 0 Å². The molecule has 0 saturated carbocycles. The molecule has 1 fully saturated rings. The maximum absolute atomic E-state index is 5.81. The number of ether oxygens (including phenoxy) is 3. The second-order valence-electron chi connectivity index (χ2n) is 4.49. The normalized spacial score (nSPS) is 23.9. The van der Waals surface area contributed by atoms with Crippen LogP contribution in [0.1, 0.15) is 11.6 Å². The first-order valence-corrected chi connectivity index (χ1v) is 6.27. The van der Waals surface area contributed by atoms with Crippen molar-refractivity contribution in [1.29, 1.82) is 0 Å². The molecule has 2 unspecified atom stereocenters. The smallest absolute Gasteiger partial charge is 0.231 e. The van der Waals surface area contributed by atoms with Crippen LogP contribution in [0.25, 0.3) is 0 Å². The number of benzene rings is 1. The topological polar surface area (TPSA) is 51.8 Å². The molecule has 98 valence electrons. The van der Waals surface area contributed by atoms with Crippen LogP contribution in [-0.2, 0) is 4.74 Å². The third kappa shape index (κ3) is 2.16. The fourth-order valence-corrected chi connectivity index (χ4v) is 2.47. The molecule has 0 aliphatic carbocycles. The van der Waals surface area contributed by atoms with E-state index in [2.05, 4.69) is 16.7 Å². The number of morpholine rings is 1. The minimum Gasteiger partial charge on any atom is -0.454 e. The Morgan fingerprint density at radius 3 is 3.00 bits per heavy atom. The Balaban J connectivity index is 1.82. The molecular formula is C13H18N2O3. The number of hydrogen-bond donors (Lipinski definition) is 2. The highest BCUT2D eigenvalue weighted by Crippen LogP contribution is 2.35. The van der Waals surface area contributed by atoms with Crippen LogP contribution in [0.5, 0.6) is 11.5 Å². The van der Waals surface area contributed by atoms with Gasteiger partial charge in [-0.15, -0.1) is 0 Å². The predicted molar refractivity (Wildman–Crippen MR) is 67.0 cm³/mol. The molecule has 5 nitrogen and oxygen atoms in total. The summed E-state index contributed by atoms with van der Waals surface area (Å²) in [4.78, 5) is 0. The van der Waals surface area contributed by atoms with Crippen LogP contribution in [-0.4, -0.2) is 39.6 Å². The Bertz CT molecular complexity index is 419. The van der Waals surface area contributed by atoms with Crippen LogP contribution >= 0.6 is 0 Å². The minimum atomic E-state index is 0.143. The van der Waals surface area contributed by atoms with Crippen LogP contribution in [0.15, 0.2) is 18.2 Å². The molecule has 2 heterocycles. The lowest BCUT2D eigenvalue weighted by Gasteiger charge is -2.31. The van der Waals surface area contributed by atoms with E-state index in [1.807, 2.05) is 19.2 Å². The van der Waals surface area contributed by atoms with Gasteiger partial charge < -0.3 is 24.8 Å². The maximum Gasteiger partial charge on any atom is 0.231 e. The van der Waals surface area contributed by atoms with Crippen molar-refractivity contribution in [2.75, 3.05) is 33.5 Å². The van der Waals surface area contributed by atoms with Gasteiger partial charge in [0.1, 0.15) is 0 Å². The van der Waals surface area contributed by atoms with Crippen molar-refractivity contribution in [3.63, 3.8) is 0 Å². The Morgan fingerprint density at radius 1 is 1.33 bits per heavy atom. The van der Waals surface area contributed by atoms with Gasteiger partial charge in [-0.05, 0) is 24.7 Å². The fourth-order valence-electron chi connectivity index (χ4n) is 2.47. The molecule has 0 spiro atoms. The van der Waals surface area contributed by atoms with Crippen molar-refractivity contribution in [3.05, 3.63) is 23.8 Å². The first-order chi connectivity index (χ1) is 8.88. The van der Waals surface area contributed by atoms with E-state index in [1.54, 1.807) is 0 Å². The molecule has 0 aromatic heterocycles. The lowest BCUT2D eigenvalue weighted by Crippen LogP contribution is -2.45. The van der Waals surface area contributed by atoms with E-state index in [-0.39, 0.29) is 12.1 Å². The summed E-state index contributed by atoms with van der Waals surface area (Å²) >= 11 is 0. The highest BCUT2D eigenvalue weighted by molar-refractivity contribution is 5.45. The van der Waals surface area contributed by atoms with Crippen LogP contribution in [0.3, 0.4) is 0 Å². The first kappa shape index (κ1) is 11.8. The third-order valence-electron chi connectivity index (χ3n) is 3.39. The van der Waals surface area contributed by atoms with Crippen molar-refractivity contribution in [2.45, 2.75) is 12.1 Å². The van der Waals surface area contributed by atoms with Gasteiger partial charge in [0.15, 0.2) is 11.5 Å². The predicted octanol–water partition coefficient (Wildman–Crippen LogP) is 0.664. The Kier molecular flexibility index (Phi) is 3.36. The quantitative estimate of drug-likeness (QED) is 0.825. The monoisotopic (exact) mass is 250 g/mol. The Morgan fingerprint density at radius 2 is 2.22 bits per heavy atom. The summed E-state index contributed by atoms with van der Waals surface area (Å²) in [5.41, 5.74) is 1.16. The van der Waals surface area contributed by atoms with Crippen molar-refractivity contribution >= 4 is 0 Å². The molecule has 5 heteroatoms. The van der Waals surface area contributed by atoms with Gasteiger partial charge in [-0.2, -0.15) is 0 Å². The second-order valence-corrected chi connectivity index (χ2v) is 4.49. The molecule has 1 saturated heterocycles. The van der Waals surface area contributed by atoms with E-state index in [0.717, 1.165) is 36.8 Å². The van der Waals surface area contributed by atoms with Gasteiger partial charge in [-0.25, -0.2) is 0 Å². The van der Waals surface area contributed by atoms with Crippen LogP contribution in [0.4, 0.5) is 0 Å². The van der Waals surface area contributed by atoms with E-state index in [4.69, 9.17) is 14.2 Å². The van der Waals surface area contributed by atoms with E-state index in [1.165, 1.54) is 0 Å². The minimum absolute atomic E-state index is 0.143. The lowest BCUT2D eigenvalue weighted by atomic mass is 10.00. The zero-order valence-corrected chi connectivity index (χ0v) is 10.4. The van der Waals surface area contributed by atoms with Gasteiger partial charge in [-0.1, -0.05) is 6.07 Å². The second kappa shape index (κ2) is 5.14. The highest BCUT2D eigenvalue weighted by Gasteiger charge is 2.26. The molecule has 1 aromatic carbocycles. The molecule has 0 amide bonds. The number of hydrogen-bond acceptors (Lipinski definition) is 5. The molecule has 3 rings (SSSR count).